The molecule has 10 nitrogen and oxygen atoms in total. The molecule has 1 saturated carbocycles. The van der Waals surface area contributed by atoms with Crippen LogP contribution in [0.25, 0.3) is 0 Å². The predicted molar refractivity (Wildman–Crippen MR) is 179 cm³/mol. The average Bonchev–Trinajstić information content (AvgIpc) is 3.82. The Labute approximate surface area is 280 Å². The molecule has 48 heavy (non-hydrogen) atoms. The number of hydrogen-bond acceptors (Lipinski definition) is 6. The number of amides is 4. The van der Waals surface area contributed by atoms with E-state index in [1.54, 1.807) is 16.0 Å². The van der Waals surface area contributed by atoms with Crippen LogP contribution < -0.4 is 10.6 Å². The number of ether oxygens (including phenoxy) is 1. The van der Waals surface area contributed by atoms with E-state index in [9.17, 15) is 19.2 Å². The third-order valence-electron chi connectivity index (χ3n) is 11.2. The van der Waals surface area contributed by atoms with E-state index in [1.807, 2.05) is 69.3 Å². The monoisotopic (exact) mass is 647 g/mol. The highest BCUT2D eigenvalue weighted by atomic mass is 16.6. The van der Waals surface area contributed by atoms with Crippen molar-refractivity contribution in [1.82, 2.24) is 14.8 Å². The second-order valence-electron chi connectivity index (χ2n) is 15.2. The van der Waals surface area contributed by atoms with Crippen LogP contribution in [0.5, 0.6) is 0 Å². The molecule has 2 atom stereocenters. The predicted octanol–water partition coefficient (Wildman–Crippen LogP) is 5.24. The summed E-state index contributed by atoms with van der Waals surface area (Å²) in [5.74, 6) is 0.0823. The summed E-state index contributed by atoms with van der Waals surface area (Å²) in [6, 6.07) is 17.7. The minimum absolute atomic E-state index is 0.0509. The zero-order valence-corrected chi connectivity index (χ0v) is 27.7. The fraction of sp³-hybridized carbons (Fsp3) is 0.447. The number of rotatable bonds is 3. The van der Waals surface area contributed by atoms with Crippen LogP contribution in [-0.2, 0) is 49.3 Å². The number of nitrogens with zero attached hydrogens (tertiary/aromatic N) is 3. The first-order valence-corrected chi connectivity index (χ1v) is 17.0. The van der Waals surface area contributed by atoms with Crippen molar-refractivity contribution in [2.75, 3.05) is 23.7 Å². The minimum atomic E-state index is -1.04. The molecule has 1 saturated heterocycles. The van der Waals surface area contributed by atoms with Gasteiger partial charge < -0.3 is 20.3 Å². The van der Waals surface area contributed by atoms with Gasteiger partial charge in [0.15, 0.2) is 0 Å². The molecule has 2 aromatic carbocycles. The lowest BCUT2D eigenvalue weighted by Crippen LogP contribution is -2.73. The largest absolute Gasteiger partial charge is 0.444 e. The van der Waals surface area contributed by atoms with Crippen molar-refractivity contribution in [3.8, 4) is 0 Å². The Morgan fingerprint density at radius 3 is 2.46 bits per heavy atom. The molecule has 248 valence electrons. The van der Waals surface area contributed by atoms with Crippen molar-refractivity contribution < 1.29 is 23.9 Å². The molecule has 3 spiro atoms. The van der Waals surface area contributed by atoms with Crippen LogP contribution in [0, 0.1) is 0 Å². The maximum absolute atomic E-state index is 14.9. The molecule has 0 bridgehead atoms. The van der Waals surface area contributed by atoms with Crippen molar-refractivity contribution in [3.63, 3.8) is 0 Å². The van der Waals surface area contributed by atoms with Gasteiger partial charge in [-0.25, -0.2) is 9.78 Å². The lowest BCUT2D eigenvalue weighted by Gasteiger charge is -2.56. The quantitative estimate of drug-likeness (QED) is 0.401. The van der Waals surface area contributed by atoms with Crippen molar-refractivity contribution in [2.24, 2.45) is 0 Å². The summed E-state index contributed by atoms with van der Waals surface area (Å²) in [7, 11) is 0. The van der Waals surface area contributed by atoms with E-state index in [0.717, 1.165) is 47.1 Å². The summed E-state index contributed by atoms with van der Waals surface area (Å²) in [5, 5.41) is 6.02. The number of carbonyl (C=O) groups excluding carboxylic acids is 4. The topological polar surface area (TPSA) is 121 Å². The van der Waals surface area contributed by atoms with Gasteiger partial charge in [0.25, 0.3) is 0 Å². The van der Waals surface area contributed by atoms with Crippen LogP contribution in [0.1, 0.15) is 80.7 Å². The van der Waals surface area contributed by atoms with E-state index in [-0.39, 0.29) is 30.8 Å². The summed E-state index contributed by atoms with van der Waals surface area (Å²) < 4.78 is 5.90. The van der Waals surface area contributed by atoms with E-state index >= 15 is 0 Å². The molecule has 2 fully saturated rings. The Hall–Kier alpha value is -4.73. The smallest absolute Gasteiger partial charge is 0.411 e. The highest BCUT2D eigenvalue weighted by molar-refractivity contribution is 6.06. The van der Waals surface area contributed by atoms with Crippen molar-refractivity contribution in [2.45, 2.75) is 94.2 Å². The third kappa shape index (κ3) is 4.55. The van der Waals surface area contributed by atoms with Gasteiger partial charge in [0.1, 0.15) is 23.5 Å². The number of aromatic nitrogens is 1. The van der Waals surface area contributed by atoms with Crippen molar-refractivity contribution >= 4 is 35.3 Å². The molecule has 5 aliphatic rings. The third-order valence-corrected chi connectivity index (χ3v) is 11.2. The number of pyridine rings is 1. The fourth-order valence-electron chi connectivity index (χ4n) is 9.08. The van der Waals surface area contributed by atoms with Gasteiger partial charge in [0.05, 0.1) is 17.5 Å². The molecule has 3 aliphatic carbocycles. The molecular formula is C38H41N5O5. The molecule has 3 aromatic rings. The van der Waals surface area contributed by atoms with E-state index in [0.29, 0.717) is 43.6 Å². The Morgan fingerprint density at radius 2 is 1.67 bits per heavy atom. The Kier molecular flexibility index (Phi) is 6.78. The molecule has 2 N–H and O–H groups in total. The standard InChI is InChI=1S/C38H41N5O5/c1-35(2,3)48-34(47)43-23-38(17-14-24-9-4-5-10-28(24)38)42(33(46)37(43)15-6-7-16-37)22-30(44)40-27-13-12-25-20-36(21-26(25)19-27)29-11-8-18-39-31(29)41-32(36)45/h4-5,8-13,18-19H,6-7,14-17,20-23H2,1-3H3,(H,40,44)(H,39,41,45)/t36-,38+/m1/s1. The molecule has 8 rings (SSSR count). The summed E-state index contributed by atoms with van der Waals surface area (Å²) in [6.45, 7) is 5.66. The van der Waals surface area contributed by atoms with Crippen molar-refractivity contribution in [3.05, 3.63) is 88.6 Å². The number of aryl methyl sites for hydroxylation is 1. The Balaban J connectivity index is 1.09. The molecule has 1 aromatic heterocycles. The summed E-state index contributed by atoms with van der Waals surface area (Å²) in [5.41, 5.74) is 2.41. The molecule has 0 radical (unpaired) electrons. The number of carbonyl (C=O) groups is 4. The second kappa shape index (κ2) is 10.6. The number of piperazine rings is 1. The maximum atomic E-state index is 14.9. The van der Waals surface area contributed by atoms with Gasteiger partial charge in [-0.1, -0.05) is 49.2 Å². The average molecular weight is 648 g/mol. The maximum Gasteiger partial charge on any atom is 0.411 e. The Bertz CT molecular complexity index is 1880. The number of benzene rings is 2. The lowest BCUT2D eigenvalue weighted by molar-refractivity contribution is -0.166. The first-order chi connectivity index (χ1) is 22.9. The molecule has 3 heterocycles. The van der Waals surface area contributed by atoms with Crippen LogP contribution in [0.15, 0.2) is 60.8 Å². The van der Waals surface area contributed by atoms with Crippen LogP contribution in [-0.4, -0.2) is 62.8 Å². The number of nitrogens with one attached hydrogen (secondary N) is 2. The highest BCUT2D eigenvalue weighted by Crippen LogP contribution is 2.52. The molecule has 2 aliphatic heterocycles. The van der Waals surface area contributed by atoms with Gasteiger partial charge in [0, 0.05) is 17.4 Å². The number of fused-ring (bicyclic) bond motifs is 5. The van der Waals surface area contributed by atoms with E-state index in [4.69, 9.17) is 4.74 Å². The van der Waals surface area contributed by atoms with Crippen molar-refractivity contribution in [1.29, 1.82) is 0 Å². The Morgan fingerprint density at radius 1 is 0.917 bits per heavy atom. The van der Waals surface area contributed by atoms with E-state index < -0.39 is 28.2 Å². The molecule has 4 amide bonds. The zero-order chi connectivity index (χ0) is 33.5. The van der Waals surface area contributed by atoms with E-state index in [1.165, 1.54) is 0 Å². The number of hydrogen-bond donors (Lipinski definition) is 2. The van der Waals surface area contributed by atoms with Crippen LogP contribution in [0.2, 0.25) is 0 Å². The highest BCUT2D eigenvalue weighted by Gasteiger charge is 2.62. The van der Waals surface area contributed by atoms with Gasteiger partial charge in [-0.2, -0.15) is 0 Å². The van der Waals surface area contributed by atoms with Gasteiger partial charge in [0.2, 0.25) is 17.7 Å². The zero-order valence-electron chi connectivity index (χ0n) is 27.7. The lowest BCUT2D eigenvalue weighted by atomic mass is 9.79. The van der Waals surface area contributed by atoms with Gasteiger partial charge in [-0.05, 0) is 99.7 Å². The van der Waals surface area contributed by atoms with Gasteiger partial charge in [-0.3, -0.25) is 19.3 Å². The fourth-order valence-corrected chi connectivity index (χ4v) is 9.08. The SMILES string of the molecule is CC(C)(C)OC(=O)N1C[C@]2(CCc3ccccc32)N(CC(=O)Nc2ccc3c(c2)C[C@@]2(C3)C(=O)Nc3ncccc32)C(=O)C12CCCC2. The first kappa shape index (κ1) is 30.6. The van der Waals surface area contributed by atoms with Crippen LogP contribution in [0.3, 0.4) is 0 Å². The van der Waals surface area contributed by atoms with Crippen LogP contribution in [0.4, 0.5) is 16.3 Å². The normalized spacial score (nSPS) is 25.0. The van der Waals surface area contributed by atoms with Gasteiger partial charge in [-0.15, -0.1) is 0 Å². The molecular weight excluding hydrogens is 606 g/mol. The summed E-state index contributed by atoms with van der Waals surface area (Å²) in [6.07, 6.45) is 6.38. The number of anilines is 2. The van der Waals surface area contributed by atoms with E-state index in [2.05, 4.69) is 21.7 Å². The second-order valence-corrected chi connectivity index (χ2v) is 15.2. The van der Waals surface area contributed by atoms with Gasteiger partial charge >= 0.3 is 6.09 Å². The molecule has 0 unspecified atom stereocenters. The minimum Gasteiger partial charge on any atom is -0.444 e. The first-order valence-electron chi connectivity index (χ1n) is 17.0. The summed E-state index contributed by atoms with van der Waals surface area (Å²) in [4.78, 5) is 63.7. The van der Waals surface area contributed by atoms with Crippen LogP contribution >= 0.6 is 0 Å². The molecule has 10 heteroatoms. The summed E-state index contributed by atoms with van der Waals surface area (Å²) >= 11 is 0.